The van der Waals surface area contributed by atoms with Crippen LogP contribution in [0.15, 0.2) is 18.3 Å². The summed E-state index contributed by atoms with van der Waals surface area (Å²) in [7, 11) is 0. The fourth-order valence-corrected chi connectivity index (χ4v) is 0.865. The van der Waals surface area contributed by atoms with Gasteiger partial charge in [-0.1, -0.05) is 6.92 Å². The summed E-state index contributed by atoms with van der Waals surface area (Å²) in [5, 5.41) is 0. The van der Waals surface area contributed by atoms with Crippen LogP contribution in [0.4, 0.5) is 13.2 Å². The number of amides is 1. The van der Waals surface area contributed by atoms with Crippen LogP contribution < -0.4 is 10.3 Å². The Morgan fingerprint density at radius 2 is 2.25 bits per heavy atom. The van der Waals surface area contributed by atoms with E-state index in [2.05, 4.69) is 9.82 Å². The molecule has 1 N–H and O–H groups in total. The average molecular weight is 234 g/mol. The van der Waals surface area contributed by atoms with Gasteiger partial charge in [-0.25, -0.2) is 4.98 Å². The van der Waals surface area contributed by atoms with E-state index in [-0.39, 0.29) is 6.42 Å². The Bertz CT molecular complexity index is 379. The minimum atomic E-state index is -4.57. The third-order valence-corrected chi connectivity index (χ3v) is 1.66. The van der Waals surface area contributed by atoms with E-state index in [0.29, 0.717) is 0 Å². The molecule has 4 nitrogen and oxygen atoms in total. The number of rotatable bonds is 3. The Morgan fingerprint density at radius 1 is 1.56 bits per heavy atom. The minimum absolute atomic E-state index is 0.105. The molecule has 0 fully saturated rings. The summed E-state index contributed by atoms with van der Waals surface area (Å²) < 4.78 is 37.3. The van der Waals surface area contributed by atoms with Gasteiger partial charge in [-0.3, -0.25) is 4.79 Å². The lowest BCUT2D eigenvalue weighted by Gasteiger charge is -2.11. The molecular weight excluding hydrogens is 225 g/mol. The van der Waals surface area contributed by atoms with E-state index in [9.17, 15) is 18.0 Å². The van der Waals surface area contributed by atoms with Crippen LogP contribution in [0.1, 0.15) is 18.9 Å². The highest BCUT2D eigenvalue weighted by Crippen LogP contribution is 2.34. The number of pyridine rings is 1. The van der Waals surface area contributed by atoms with E-state index in [1.54, 1.807) is 6.92 Å². The van der Waals surface area contributed by atoms with Gasteiger partial charge >= 0.3 is 6.18 Å². The van der Waals surface area contributed by atoms with Crippen molar-refractivity contribution in [2.75, 3.05) is 0 Å². The molecule has 0 spiro atoms. The number of nitrogens with one attached hydrogen (secondary N) is 1. The zero-order valence-corrected chi connectivity index (χ0v) is 8.34. The van der Waals surface area contributed by atoms with Gasteiger partial charge in [-0.15, -0.1) is 0 Å². The van der Waals surface area contributed by atoms with E-state index in [0.717, 1.165) is 18.3 Å². The summed E-state index contributed by atoms with van der Waals surface area (Å²) in [6, 6.07) is 1.96. The van der Waals surface area contributed by atoms with Crippen molar-refractivity contribution >= 4 is 5.91 Å². The van der Waals surface area contributed by atoms with E-state index in [1.807, 2.05) is 5.48 Å². The summed E-state index contributed by atoms with van der Waals surface area (Å²) in [6.07, 6.45) is -3.32. The summed E-state index contributed by atoms with van der Waals surface area (Å²) >= 11 is 0. The molecule has 0 atom stereocenters. The monoisotopic (exact) mass is 234 g/mol. The molecule has 1 heterocycles. The molecule has 7 heteroatoms. The summed E-state index contributed by atoms with van der Waals surface area (Å²) in [5.41, 5.74) is 0.824. The van der Waals surface area contributed by atoms with Gasteiger partial charge in [-0.05, 0) is 12.1 Å². The lowest BCUT2D eigenvalue weighted by molar-refractivity contribution is -0.141. The molecule has 0 saturated carbocycles. The van der Waals surface area contributed by atoms with Crippen LogP contribution in [0, 0.1) is 0 Å². The Kier molecular flexibility index (Phi) is 3.70. The number of carbonyl (C=O) groups is 1. The van der Waals surface area contributed by atoms with Gasteiger partial charge < -0.3 is 4.84 Å². The number of hydroxylamine groups is 1. The van der Waals surface area contributed by atoms with Crippen LogP contribution in [0.25, 0.3) is 0 Å². The number of halogens is 3. The highest BCUT2D eigenvalue weighted by atomic mass is 19.4. The van der Waals surface area contributed by atoms with Crippen LogP contribution in [0.3, 0.4) is 0 Å². The molecule has 0 radical (unpaired) electrons. The summed E-state index contributed by atoms with van der Waals surface area (Å²) in [4.78, 5) is 18.7. The Morgan fingerprint density at radius 3 is 2.81 bits per heavy atom. The van der Waals surface area contributed by atoms with E-state index >= 15 is 0 Å². The van der Waals surface area contributed by atoms with Crippen molar-refractivity contribution in [3.63, 3.8) is 0 Å². The van der Waals surface area contributed by atoms with Crippen molar-refractivity contribution < 1.29 is 22.8 Å². The van der Waals surface area contributed by atoms with Crippen LogP contribution in [-0.4, -0.2) is 10.9 Å². The van der Waals surface area contributed by atoms with Crippen molar-refractivity contribution in [1.29, 1.82) is 0 Å². The first kappa shape index (κ1) is 12.3. The molecule has 0 aliphatic carbocycles. The average Bonchev–Trinajstić information content (AvgIpc) is 2.25. The Balaban J connectivity index is 2.84. The molecule has 88 valence electrons. The van der Waals surface area contributed by atoms with Gasteiger partial charge in [-0.2, -0.15) is 18.7 Å². The number of carbonyl (C=O) groups excluding carboxylic acids is 1. The number of aromatic nitrogens is 1. The van der Waals surface area contributed by atoms with E-state index in [4.69, 9.17) is 0 Å². The fraction of sp³-hybridized carbons (Fsp3) is 0.333. The van der Waals surface area contributed by atoms with Gasteiger partial charge in [0.2, 0.25) is 0 Å². The SMILES string of the molecule is CCC(=O)NOc1ncccc1C(F)(F)F. The van der Waals surface area contributed by atoms with Crippen LogP contribution in [0.2, 0.25) is 0 Å². The van der Waals surface area contributed by atoms with E-state index in [1.165, 1.54) is 0 Å². The normalized spacial score (nSPS) is 11.0. The molecular formula is C9H9F3N2O2. The highest BCUT2D eigenvalue weighted by molar-refractivity contribution is 5.74. The molecule has 1 amide bonds. The topological polar surface area (TPSA) is 51.2 Å². The second kappa shape index (κ2) is 4.82. The zero-order valence-electron chi connectivity index (χ0n) is 8.34. The molecule has 0 aliphatic rings. The second-order valence-electron chi connectivity index (χ2n) is 2.83. The quantitative estimate of drug-likeness (QED) is 0.813. The number of alkyl halides is 3. The van der Waals surface area contributed by atoms with E-state index < -0.39 is 23.5 Å². The largest absolute Gasteiger partial charge is 0.421 e. The number of hydrogen-bond donors (Lipinski definition) is 1. The number of nitrogens with zero attached hydrogens (tertiary/aromatic N) is 1. The van der Waals surface area contributed by atoms with Gasteiger partial charge in [0.15, 0.2) is 0 Å². The standard InChI is InChI=1S/C9H9F3N2O2/c1-2-7(15)14-16-8-6(9(10,11)12)4-3-5-13-8/h3-5H,2H2,1H3,(H,14,15). The van der Waals surface area contributed by atoms with Gasteiger partial charge in [0.1, 0.15) is 5.56 Å². The molecule has 0 aliphatic heterocycles. The van der Waals surface area contributed by atoms with Crippen LogP contribution >= 0.6 is 0 Å². The fourth-order valence-electron chi connectivity index (χ4n) is 0.865. The maximum Gasteiger partial charge on any atom is 0.421 e. The Labute approximate surface area is 89.4 Å². The smallest absolute Gasteiger partial charge is 0.358 e. The van der Waals surface area contributed by atoms with Crippen LogP contribution in [-0.2, 0) is 11.0 Å². The third-order valence-electron chi connectivity index (χ3n) is 1.66. The first-order valence-corrected chi connectivity index (χ1v) is 4.43. The van der Waals surface area contributed by atoms with Crippen molar-refractivity contribution in [3.05, 3.63) is 23.9 Å². The molecule has 1 aromatic heterocycles. The van der Waals surface area contributed by atoms with Crippen molar-refractivity contribution in [2.45, 2.75) is 19.5 Å². The van der Waals surface area contributed by atoms with Crippen molar-refractivity contribution in [2.24, 2.45) is 0 Å². The summed E-state index contributed by atoms with van der Waals surface area (Å²) in [6.45, 7) is 1.54. The molecule has 0 unspecified atom stereocenters. The highest BCUT2D eigenvalue weighted by Gasteiger charge is 2.35. The first-order chi connectivity index (χ1) is 7.45. The van der Waals surface area contributed by atoms with Crippen molar-refractivity contribution in [1.82, 2.24) is 10.5 Å². The molecule has 0 bridgehead atoms. The lowest BCUT2D eigenvalue weighted by atomic mass is 10.3. The Hall–Kier alpha value is -1.79. The predicted octanol–water partition coefficient (Wildman–Crippen LogP) is 1.92. The maximum absolute atomic E-state index is 12.4. The predicted molar refractivity (Wildman–Crippen MR) is 48.3 cm³/mol. The second-order valence-corrected chi connectivity index (χ2v) is 2.83. The third kappa shape index (κ3) is 3.11. The van der Waals surface area contributed by atoms with Crippen LogP contribution in [0.5, 0.6) is 5.88 Å². The van der Waals surface area contributed by atoms with Crippen molar-refractivity contribution in [3.8, 4) is 5.88 Å². The zero-order chi connectivity index (χ0) is 12.2. The number of hydrogen-bond acceptors (Lipinski definition) is 3. The molecule has 1 aromatic rings. The maximum atomic E-state index is 12.4. The van der Waals surface area contributed by atoms with Gasteiger partial charge in [0.25, 0.3) is 11.8 Å². The molecule has 0 aromatic carbocycles. The molecule has 0 saturated heterocycles. The van der Waals surface area contributed by atoms with Gasteiger partial charge in [0.05, 0.1) is 0 Å². The first-order valence-electron chi connectivity index (χ1n) is 4.43. The molecule has 1 rings (SSSR count). The summed E-state index contributed by atoms with van der Waals surface area (Å²) in [5.74, 6) is -1.20. The minimum Gasteiger partial charge on any atom is -0.358 e. The molecule has 16 heavy (non-hydrogen) atoms. The lowest BCUT2D eigenvalue weighted by Crippen LogP contribution is -2.27. The van der Waals surface area contributed by atoms with Gasteiger partial charge in [0, 0.05) is 12.6 Å².